The normalized spacial score (nSPS) is 30.8. The van der Waals surface area contributed by atoms with Crippen molar-refractivity contribution in [1.82, 2.24) is 15.5 Å². The topological polar surface area (TPSA) is 44.4 Å². The highest BCUT2D eigenvalue weighted by atomic mass is 16.2. The largest absolute Gasteiger partial charge is 0.354 e. The van der Waals surface area contributed by atoms with Crippen molar-refractivity contribution in [2.45, 2.75) is 45.6 Å². The van der Waals surface area contributed by atoms with Gasteiger partial charge in [0.05, 0.1) is 6.04 Å². The average Bonchev–Trinajstić information content (AvgIpc) is 2.46. The summed E-state index contributed by atoms with van der Waals surface area (Å²) in [6, 6.07) is 0.0148. The van der Waals surface area contributed by atoms with Crippen molar-refractivity contribution >= 4 is 5.91 Å². The molecule has 1 aliphatic heterocycles. The van der Waals surface area contributed by atoms with Crippen LogP contribution >= 0.6 is 0 Å². The molecule has 2 fully saturated rings. The van der Waals surface area contributed by atoms with Crippen molar-refractivity contribution < 1.29 is 4.79 Å². The predicted molar refractivity (Wildman–Crippen MR) is 78.0 cm³/mol. The maximum atomic E-state index is 12.2. The SMILES string of the molecule is CC1CCCCC1CNC(=O)C(C)N1CCNCC1. The summed E-state index contributed by atoms with van der Waals surface area (Å²) in [5.41, 5.74) is 0. The van der Waals surface area contributed by atoms with E-state index in [0.29, 0.717) is 5.92 Å². The number of piperazine rings is 1. The molecule has 2 N–H and O–H groups in total. The van der Waals surface area contributed by atoms with Gasteiger partial charge >= 0.3 is 0 Å². The number of carbonyl (C=O) groups excluding carboxylic acids is 1. The van der Waals surface area contributed by atoms with Crippen molar-refractivity contribution in [3.8, 4) is 0 Å². The summed E-state index contributed by atoms with van der Waals surface area (Å²) in [6.07, 6.45) is 5.30. The van der Waals surface area contributed by atoms with Crippen LogP contribution in [0.2, 0.25) is 0 Å². The van der Waals surface area contributed by atoms with E-state index in [2.05, 4.69) is 22.5 Å². The molecule has 1 aliphatic carbocycles. The van der Waals surface area contributed by atoms with Crippen LogP contribution in [0.3, 0.4) is 0 Å². The Hall–Kier alpha value is -0.610. The van der Waals surface area contributed by atoms with Gasteiger partial charge in [0.25, 0.3) is 0 Å². The summed E-state index contributed by atoms with van der Waals surface area (Å²) >= 11 is 0. The molecule has 1 heterocycles. The van der Waals surface area contributed by atoms with E-state index in [-0.39, 0.29) is 11.9 Å². The van der Waals surface area contributed by atoms with Crippen LogP contribution in [-0.4, -0.2) is 49.6 Å². The maximum absolute atomic E-state index is 12.2. The third-order valence-electron chi connectivity index (χ3n) is 4.91. The molecule has 4 heteroatoms. The lowest BCUT2D eigenvalue weighted by Gasteiger charge is -2.33. The van der Waals surface area contributed by atoms with Crippen LogP contribution in [0.4, 0.5) is 0 Å². The number of nitrogens with zero attached hydrogens (tertiary/aromatic N) is 1. The van der Waals surface area contributed by atoms with Gasteiger partial charge in [-0.1, -0.05) is 26.2 Å². The summed E-state index contributed by atoms with van der Waals surface area (Å²) in [6.45, 7) is 9.19. The Morgan fingerprint density at radius 3 is 2.68 bits per heavy atom. The Labute approximate surface area is 117 Å². The van der Waals surface area contributed by atoms with E-state index < -0.39 is 0 Å². The second-order valence-corrected chi connectivity index (χ2v) is 6.23. The molecule has 4 nitrogen and oxygen atoms in total. The van der Waals surface area contributed by atoms with Gasteiger partial charge < -0.3 is 10.6 Å². The van der Waals surface area contributed by atoms with Crippen molar-refractivity contribution in [2.75, 3.05) is 32.7 Å². The van der Waals surface area contributed by atoms with Gasteiger partial charge in [0.2, 0.25) is 5.91 Å². The first kappa shape index (κ1) is 14.8. The highest BCUT2D eigenvalue weighted by Crippen LogP contribution is 2.28. The van der Waals surface area contributed by atoms with Gasteiger partial charge in [0.1, 0.15) is 0 Å². The predicted octanol–water partition coefficient (Wildman–Crippen LogP) is 1.22. The first-order valence-corrected chi connectivity index (χ1v) is 7.91. The Morgan fingerprint density at radius 2 is 2.00 bits per heavy atom. The fraction of sp³-hybridized carbons (Fsp3) is 0.933. The van der Waals surface area contributed by atoms with E-state index in [1.165, 1.54) is 25.7 Å². The molecule has 1 amide bonds. The molecule has 2 aliphatic rings. The standard InChI is InChI=1S/C15H29N3O/c1-12-5-3-4-6-14(12)11-17-15(19)13(2)18-9-7-16-8-10-18/h12-14,16H,3-11H2,1-2H3,(H,17,19). The lowest BCUT2D eigenvalue weighted by Crippen LogP contribution is -2.53. The van der Waals surface area contributed by atoms with E-state index in [1.807, 2.05) is 6.92 Å². The van der Waals surface area contributed by atoms with E-state index in [9.17, 15) is 4.79 Å². The van der Waals surface area contributed by atoms with Crippen LogP contribution in [0.25, 0.3) is 0 Å². The minimum Gasteiger partial charge on any atom is -0.354 e. The molecule has 3 unspecified atom stereocenters. The van der Waals surface area contributed by atoms with Crippen LogP contribution < -0.4 is 10.6 Å². The Kier molecular flexibility index (Phi) is 5.64. The third kappa shape index (κ3) is 4.18. The minimum absolute atomic E-state index is 0.0148. The number of hydrogen-bond donors (Lipinski definition) is 2. The quantitative estimate of drug-likeness (QED) is 0.805. The lowest BCUT2D eigenvalue weighted by atomic mass is 9.80. The molecule has 1 saturated heterocycles. The molecule has 110 valence electrons. The van der Waals surface area contributed by atoms with Crippen LogP contribution in [0.5, 0.6) is 0 Å². The molecule has 0 spiro atoms. The number of rotatable bonds is 4. The lowest BCUT2D eigenvalue weighted by molar-refractivity contribution is -0.126. The average molecular weight is 267 g/mol. The van der Waals surface area contributed by atoms with E-state index in [1.54, 1.807) is 0 Å². The second kappa shape index (κ2) is 7.25. The van der Waals surface area contributed by atoms with Crippen molar-refractivity contribution in [2.24, 2.45) is 11.8 Å². The zero-order valence-electron chi connectivity index (χ0n) is 12.5. The van der Waals surface area contributed by atoms with Gasteiger partial charge in [0, 0.05) is 32.7 Å². The second-order valence-electron chi connectivity index (χ2n) is 6.23. The van der Waals surface area contributed by atoms with Crippen molar-refractivity contribution in [1.29, 1.82) is 0 Å². The zero-order valence-corrected chi connectivity index (χ0v) is 12.5. The molecule has 2 rings (SSSR count). The molecule has 1 saturated carbocycles. The van der Waals surface area contributed by atoms with Gasteiger partial charge in [0.15, 0.2) is 0 Å². The van der Waals surface area contributed by atoms with Crippen molar-refractivity contribution in [3.05, 3.63) is 0 Å². The smallest absolute Gasteiger partial charge is 0.237 e. The summed E-state index contributed by atoms with van der Waals surface area (Å²) in [4.78, 5) is 14.5. The molecule has 0 bridgehead atoms. The highest BCUT2D eigenvalue weighted by Gasteiger charge is 2.25. The van der Waals surface area contributed by atoms with Gasteiger partial charge in [-0.3, -0.25) is 9.69 Å². The van der Waals surface area contributed by atoms with Crippen LogP contribution in [-0.2, 0) is 4.79 Å². The summed E-state index contributed by atoms with van der Waals surface area (Å²) in [7, 11) is 0. The summed E-state index contributed by atoms with van der Waals surface area (Å²) in [5.74, 6) is 1.66. The molecule has 0 aromatic rings. The Bertz CT molecular complexity index is 289. The molecule has 3 atom stereocenters. The van der Waals surface area contributed by atoms with Crippen molar-refractivity contribution in [3.63, 3.8) is 0 Å². The third-order valence-corrected chi connectivity index (χ3v) is 4.91. The fourth-order valence-electron chi connectivity index (χ4n) is 3.31. The first-order chi connectivity index (χ1) is 9.18. The molecule has 19 heavy (non-hydrogen) atoms. The van der Waals surface area contributed by atoms with Crippen LogP contribution in [0, 0.1) is 11.8 Å². The molecule has 0 radical (unpaired) electrons. The molecule has 0 aromatic heterocycles. The summed E-state index contributed by atoms with van der Waals surface area (Å²) < 4.78 is 0. The van der Waals surface area contributed by atoms with Crippen LogP contribution in [0.15, 0.2) is 0 Å². The van der Waals surface area contributed by atoms with Gasteiger partial charge in [-0.25, -0.2) is 0 Å². The highest BCUT2D eigenvalue weighted by molar-refractivity contribution is 5.81. The number of carbonyl (C=O) groups is 1. The minimum atomic E-state index is 0.0148. The Morgan fingerprint density at radius 1 is 1.32 bits per heavy atom. The van der Waals surface area contributed by atoms with Crippen LogP contribution in [0.1, 0.15) is 39.5 Å². The monoisotopic (exact) mass is 267 g/mol. The van der Waals surface area contributed by atoms with Gasteiger partial charge in [-0.15, -0.1) is 0 Å². The number of amides is 1. The Balaban J connectivity index is 1.73. The van der Waals surface area contributed by atoms with Gasteiger partial charge in [-0.05, 0) is 25.2 Å². The number of nitrogens with one attached hydrogen (secondary N) is 2. The molecular formula is C15H29N3O. The van der Waals surface area contributed by atoms with Gasteiger partial charge in [-0.2, -0.15) is 0 Å². The van der Waals surface area contributed by atoms with E-state index >= 15 is 0 Å². The summed E-state index contributed by atoms with van der Waals surface area (Å²) in [5, 5.41) is 6.50. The fourth-order valence-corrected chi connectivity index (χ4v) is 3.31. The van der Waals surface area contributed by atoms with E-state index in [0.717, 1.165) is 38.6 Å². The zero-order chi connectivity index (χ0) is 13.7. The molecule has 0 aromatic carbocycles. The number of hydrogen-bond acceptors (Lipinski definition) is 3. The molecular weight excluding hydrogens is 238 g/mol. The maximum Gasteiger partial charge on any atom is 0.237 e. The van der Waals surface area contributed by atoms with E-state index in [4.69, 9.17) is 0 Å². The first-order valence-electron chi connectivity index (χ1n) is 7.91.